The quantitative estimate of drug-likeness (QED) is 0.569. The molecule has 7 nitrogen and oxygen atoms in total. The Balaban J connectivity index is 1.47. The number of benzene rings is 2. The highest BCUT2D eigenvalue weighted by atomic mass is 32.2. The zero-order valence-electron chi connectivity index (χ0n) is 17.6. The van der Waals surface area contributed by atoms with Crippen molar-refractivity contribution in [1.82, 2.24) is 14.2 Å². The van der Waals surface area contributed by atoms with Crippen molar-refractivity contribution in [3.05, 3.63) is 71.4 Å². The van der Waals surface area contributed by atoms with E-state index < -0.39 is 10.0 Å². The summed E-state index contributed by atoms with van der Waals surface area (Å²) in [5.41, 5.74) is 3.01. The molecule has 1 aromatic heterocycles. The van der Waals surface area contributed by atoms with Crippen molar-refractivity contribution >= 4 is 26.9 Å². The number of carbonyl (C=O) groups excluding carboxylic acids is 1. The maximum Gasteiger partial charge on any atom is 0.337 e. The number of nitrogens with zero attached hydrogens (tertiary/aromatic N) is 3. The molecular formula is C23H25N3O4S. The number of carbonyl (C=O) groups is 1. The topological polar surface area (TPSA) is 79.8 Å². The summed E-state index contributed by atoms with van der Waals surface area (Å²) in [5.74, 6) is -0.364. The van der Waals surface area contributed by atoms with Crippen molar-refractivity contribution in [2.45, 2.75) is 18.4 Å². The Hall–Kier alpha value is -2.81. The molecule has 4 rings (SSSR count). The molecule has 162 valence electrons. The van der Waals surface area contributed by atoms with Gasteiger partial charge in [-0.05, 0) is 42.3 Å². The van der Waals surface area contributed by atoms with Gasteiger partial charge in [0.05, 0.1) is 18.2 Å². The van der Waals surface area contributed by atoms with Crippen molar-refractivity contribution in [2.75, 3.05) is 33.3 Å². The summed E-state index contributed by atoms with van der Waals surface area (Å²) < 4.78 is 33.0. The Kier molecular flexibility index (Phi) is 6.04. The second kappa shape index (κ2) is 8.74. The summed E-state index contributed by atoms with van der Waals surface area (Å²) in [6.45, 7) is 4.61. The van der Waals surface area contributed by atoms with E-state index >= 15 is 0 Å². The maximum atomic E-state index is 13.3. The Bertz CT molecular complexity index is 1220. The lowest BCUT2D eigenvalue weighted by molar-refractivity contribution is 0.0600. The van der Waals surface area contributed by atoms with E-state index in [1.807, 2.05) is 37.3 Å². The largest absolute Gasteiger partial charge is 0.465 e. The molecular weight excluding hydrogens is 414 g/mol. The number of pyridine rings is 1. The van der Waals surface area contributed by atoms with Crippen LogP contribution >= 0.6 is 0 Å². The van der Waals surface area contributed by atoms with Crippen LogP contribution in [0.4, 0.5) is 0 Å². The van der Waals surface area contributed by atoms with Crippen molar-refractivity contribution in [1.29, 1.82) is 0 Å². The first-order valence-electron chi connectivity index (χ1n) is 10.1. The number of esters is 1. The van der Waals surface area contributed by atoms with Crippen molar-refractivity contribution in [3.63, 3.8) is 0 Å². The van der Waals surface area contributed by atoms with Gasteiger partial charge >= 0.3 is 5.97 Å². The number of hydrogen-bond acceptors (Lipinski definition) is 6. The van der Waals surface area contributed by atoms with E-state index in [0.717, 1.165) is 16.5 Å². The summed E-state index contributed by atoms with van der Waals surface area (Å²) >= 11 is 0. The van der Waals surface area contributed by atoms with Crippen LogP contribution in [0.15, 0.2) is 59.6 Å². The fraction of sp³-hybridized carbons (Fsp3) is 0.304. The van der Waals surface area contributed by atoms with E-state index in [2.05, 4.69) is 9.88 Å². The molecule has 8 heteroatoms. The van der Waals surface area contributed by atoms with Crippen LogP contribution in [0.5, 0.6) is 0 Å². The Morgan fingerprint density at radius 3 is 2.55 bits per heavy atom. The first kappa shape index (κ1) is 21.4. The second-order valence-corrected chi connectivity index (χ2v) is 9.62. The average molecular weight is 440 g/mol. The normalized spacial score (nSPS) is 15.8. The molecule has 0 saturated carbocycles. The summed E-state index contributed by atoms with van der Waals surface area (Å²) in [7, 11) is -2.27. The summed E-state index contributed by atoms with van der Waals surface area (Å²) in [4.78, 5) is 18.6. The Labute approximate surface area is 182 Å². The third-order valence-electron chi connectivity index (χ3n) is 5.51. The molecule has 0 atom stereocenters. The van der Waals surface area contributed by atoms with Gasteiger partial charge < -0.3 is 4.74 Å². The van der Waals surface area contributed by atoms with Crippen LogP contribution in [-0.2, 0) is 21.3 Å². The minimum Gasteiger partial charge on any atom is -0.465 e. The fourth-order valence-corrected chi connectivity index (χ4v) is 5.48. The number of methoxy groups -OCH3 is 1. The van der Waals surface area contributed by atoms with E-state index in [0.29, 0.717) is 43.8 Å². The number of piperazine rings is 1. The predicted octanol–water partition coefficient (Wildman–Crippen LogP) is 2.84. The highest BCUT2D eigenvalue weighted by Gasteiger charge is 2.30. The molecule has 2 aromatic carbocycles. The lowest BCUT2D eigenvalue weighted by Crippen LogP contribution is -2.48. The molecule has 0 bridgehead atoms. The summed E-state index contributed by atoms with van der Waals surface area (Å²) in [5, 5.41) is 0.824. The molecule has 0 spiro atoms. The number of aromatic nitrogens is 1. The summed E-state index contributed by atoms with van der Waals surface area (Å²) in [6, 6.07) is 14.6. The van der Waals surface area contributed by atoms with Gasteiger partial charge in [-0.25, -0.2) is 13.2 Å². The van der Waals surface area contributed by atoms with Gasteiger partial charge in [0.1, 0.15) is 4.90 Å². The molecule has 1 fully saturated rings. The first-order valence-corrected chi connectivity index (χ1v) is 11.6. The van der Waals surface area contributed by atoms with E-state index in [1.54, 1.807) is 24.4 Å². The summed E-state index contributed by atoms with van der Waals surface area (Å²) in [6.07, 6.45) is 1.70. The van der Waals surface area contributed by atoms with E-state index in [9.17, 15) is 13.2 Å². The Morgan fingerprint density at radius 1 is 1.06 bits per heavy atom. The number of para-hydroxylation sites is 1. The zero-order valence-corrected chi connectivity index (χ0v) is 18.4. The molecule has 0 aliphatic carbocycles. The van der Waals surface area contributed by atoms with E-state index in [-0.39, 0.29) is 10.9 Å². The van der Waals surface area contributed by atoms with Crippen LogP contribution < -0.4 is 0 Å². The number of rotatable bonds is 5. The van der Waals surface area contributed by atoms with Crippen LogP contribution in [0.25, 0.3) is 10.9 Å². The minimum atomic E-state index is -3.64. The molecule has 1 aliphatic rings. The third kappa shape index (κ3) is 4.46. The second-order valence-electron chi connectivity index (χ2n) is 7.71. The maximum absolute atomic E-state index is 13.3. The highest BCUT2D eigenvalue weighted by Crippen LogP contribution is 2.26. The lowest BCUT2D eigenvalue weighted by atomic mass is 10.1. The van der Waals surface area contributed by atoms with Gasteiger partial charge in [-0.2, -0.15) is 4.31 Å². The minimum absolute atomic E-state index is 0.254. The molecule has 3 aromatic rings. The van der Waals surface area contributed by atoms with Crippen LogP contribution in [0, 0.1) is 6.92 Å². The molecule has 0 unspecified atom stereocenters. The monoisotopic (exact) mass is 439 g/mol. The van der Waals surface area contributed by atoms with Crippen LogP contribution in [0.1, 0.15) is 21.5 Å². The van der Waals surface area contributed by atoms with Crippen LogP contribution in [0.3, 0.4) is 0 Å². The van der Waals surface area contributed by atoms with Crippen molar-refractivity contribution < 1.29 is 17.9 Å². The number of ether oxygens (including phenoxy) is 1. The zero-order chi connectivity index (χ0) is 22.0. The molecule has 31 heavy (non-hydrogen) atoms. The number of sulfonamides is 1. The molecule has 1 saturated heterocycles. The van der Waals surface area contributed by atoms with Crippen molar-refractivity contribution in [2.24, 2.45) is 0 Å². The number of fused-ring (bicyclic) bond motifs is 1. The molecule has 1 aliphatic heterocycles. The Morgan fingerprint density at radius 2 is 1.81 bits per heavy atom. The number of hydrogen-bond donors (Lipinski definition) is 0. The van der Waals surface area contributed by atoms with Gasteiger partial charge in [0.15, 0.2) is 0 Å². The smallest absolute Gasteiger partial charge is 0.337 e. The first-order chi connectivity index (χ1) is 14.9. The molecule has 0 amide bonds. The SMILES string of the molecule is COC(=O)c1cccc(CN2CCN(S(=O)(=O)c3cccc4cc(C)cnc34)CC2)c1. The van der Waals surface area contributed by atoms with Gasteiger partial charge in [-0.1, -0.05) is 24.3 Å². The molecule has 0 radical (unpaired) electrons. The predicted molar refractivity (Wildman–Crippen MR) is 118 cm³/mol. The average Bonchev–Trinajstić information content (AvgIpc) is 2.78. The molecule has 2 heterocycles. The van der Waals surface area contributed by atoms with Gasteiger partial charge in [0.25, 0.3) is 0 Å². The van der Waals surface area contributed by atoms with E-state index in [1.165, 1.54) is 11.4 Å². The standard InChI is InChI=1S/C23H25N3O4S/c1-17-13-19-6-4-8-21(22(19)24-15-17)31(28,29)26-11-9-25(10-12-26)16-18-5-3-7-20(14-18)23(27)30-2/h3-8,13-15H,9-12,16H2,1-2H3. The molecule has 0 N–H and O–H groups in total. The fourth-order valence-electron chi connectivity index (χ4n) is 3.89. The third-order valence-corrected chi connectivity index (χ3v) is 7.44. The van der Waals surface area contributed by atoms with Crippen molar-refractivity contribution in [3.8, 4) is 0 Å². The van der Waals surface area contributed by atoms with Gasteiger partial charge in [0.2, 0.25) is 10.0 Å². The van der Waals surface area contributed by atoms with Gasteiger partial charge in [0, 0.05) is 44.3 Å². The van der Waals surface area contributed by atoms with Gasteiger partial charge in [-0.3, -0.25) is 9.88 Å². The van der Waals surface area contributed by atoms with Crippen LogP contribution in [0.2, 0.25) is 0 Å². The van der Waals surface area contributed by atoms with Crippen LogP contribution in [-0.4, -0.2) is 61.9 Å². The highest BCUT2D eigenvalue weighted by molar-refractivity contribution is 7.89. The number of aryl methyl sites for hydroxylation is 1. The van der Waals surface area contributed by atoms with E-state index in [4.69, 9.17) is 4.74 Å². The lowest BCUT2D eigenvalue weighted by Gasteiger charge is -2.34. The van der Waals surface area contributed by atoms with Gasteiger partial charge in [-0.15, -0.1) is 0 Å².